The van der Waals surface area contributed by atoms with E-state index in [9.17, 15) is 8.42 Å². The Labute approximate surface area is 133 Å². The molecular weight excluding hydrogens is 300 g/mol. The van der Waals surface area contributed by atoms with E-state index < -0.39 is 10.2 Å². The van der Waals surface area contributed by atoms with E-state index in [1.165, 1.54) is 0 Å². The van der Waals surface area contributed by atoms with E-state index in [1.54, 1.807) is 4.31 Å². The highest BCUT2D eigenvalue weighted by atomic mass is 32.2. The Bertz CT molecular complexity index is 572. The normalized spacial score (nSPS) is 21.9. The number of hydrogen-bond acceptors (Lipinski definition) is 3. The molecule has 1 N–H and O–H groups in total. The van der Waals surface area contributed by atoms with Gasteiger partial charge in [0.2, 0.25) is 0 Å². The molecule has 1 aliphatic heterocycles. The van der Waals surface area contributed by atoms with Gasteiger partial charge >= 0.3 is 0 Å². The molecule has 1 aromatic rings. The maximum Gasteiger partial charge on any atom is 0.279 e. The summed E-state index contributed by atoms with van der Waals surface area (Å²) in [6.45, 7) is 7.28. The molecule has 1 aromatic carbocycles. The topological polar surface area (TPSA) is 58.6 Å². The fourth-order valence-corrected chi connectivity index (χ4v) is 4.35. The predicted molar refractivity (Wildman–Crippen MR) is 87.6 cm³/mol. The number of rotatable bonds is 6. The van der Waals surface area contributed by atoms with Crippen LogP contribution in [-0.4, -0.2) is 37.5 Å². The third kappa shape index (κ3) is 4.52. The minimum absolute atomic E-state index is 0.0120. The molecule has 0 amide bonds. The lowest BCUT2D eigenvalue weighted by atomic mass is 9.94. The summed E-state index contributed by atoms with van der Waals surface area (Å²) in [5.74, 6) is 0. The molecule has 0 radical (unpaired) electrons. The van der Waals surface area contributed by atoms with Gasteiger partial charge in [0.05, 0.1) is 5.60 Å². The molecule has 22 heavy (non-hydrogen) atoms. The summed E-state index contributed by atoms with van der Waals surface area (Å²) in [6, 6.07) is 9.54. The van der Waals surface area contributed by atoms with Crippen molar-refractivity contribution in [2.24, 2.45) is 0 Å². The van der Waals surface area contributed by atoms with Gasteiger partial charge in [-0.25, -0.2) is 0 Å². The first-order chi connectivity index (χ1) is 10.3. The number of ether oxygens (including phenoxy) is 1. The van der Waals surface area contributed by atoms with Crippen LogP contribution >= 0.6 is 0 Å². The fourth-order valence-electron chi connectivity index (χ4n) is 2.92. The summed E-state index contributed by atoms with van der Waals surface area (Å²) in [7, 11) is -3.49. The summed E-state index contributed by atoms with van der Waals surface area (Å²) in [4.78, 5) is 0. The average Bonchev–Trinajstić information content (AvgIpc) is 2.46. The van der Waals surface area contributed by atoms with Gasteiger partial charge in [-0.3, -0.25) is 0 Å². The third-order valence-corrected chi connectivity index (χ3v) is 5.68. The van der Waals surface area contributed by atoms with Crippen LogP contribution in [0.3, 0.4) is 0 Å². The monoisotopic (exact) mass is 326 g/mol. The number of hydrogen-bond donors (Lipinski definition) is 1. The van der Waals surface area contributed by atoms with E-state index in [-0.39, 0.29) is 11.6 Å². The Morgan fingerprint density at radius 1 is 1.32 bits per heavy atom. The summed E-state index contributed by atoms with van der Waals surface area (Å²) < 4.78 is 35.2. The standard InChI is InChI=1S/C16H26N2O3S/c1-4-18(15-10-11-21-16(2,3)12-15)22(19,20)17-13-14-8-6-5-7-9-14/h5-9,15,17H,4,10-13H2,1-3H3/t15-/m1/s1. The molecule has 0 saturated carbocycles. The highest BCUT2D eigenvalue weighted by Crippen LogP contribution is 2.28. The molecule has 6 heteroatoms. The molecule has 0 aromatic heterocycles. The highest BCUT2D eigenvalue weighted by Gasteiger charge is 2.36. The van der Waals surface area contributed by atoms with Gasteiger partial charge in [0.15, 0.2) is 0 Å². The summed E-state index contributed by atoms with van der Waals surface area (Å²) in [6.07, 6.45) is 1.45. The summed E-state index contributed by atoms with van der Waals surface area (Å²) in [5.41, 5.74) is 0.681. The molecule has 2 rings (SSSR count). The summed E-state index contributed by atoms with van der Waals surface area (Å²) in [5, 5.41) is 0. The molecule has 1 saturated heterocycles. The lowest BCUT2D eigenvalue weighted by molar-refractivity contribution is -0.0725. The molecule has 0 unspecified atom stereocenters. The van der Waals surface area contributed by atoms with Crippen molar-refractivity contribution in [3.63, 3.8) is 0 Å². The van der Waals surface area contributed by atoms with Crippen LogP contribution in [0.25, 0.3) is 0 Å². The van der Waals surface area contributed by atoms with E-state index in [1.807, 2.05) is 51.1 Å². The van der Waals surface area contributed by atoms with Crippen LogP contribution in [0.1, 0.15) is 39.2 Å². The Morgan fingerprint density at radius 3 is 2.59 bits per heavy atom. The van der Waals surface area contributed by atoms with Gasteiger partial charge < -0.3 is 4.74 Å². The minimum atomic E-state index is -3.49. The van der Waals surface area contributed by atoms with Crippen molar-refractivity contribution in [1.29, 1.82) is 0 Å². The van der Waals surface area contributed by atoms with E-state index >= 15 is 0 Å². The Balaban J connectivity index is 2.05. The fraction of sp³-hybridized carbons (Fsp3) is 0.625. The van der Waals surface area contributed by atoms with E-state index in [2.05, 4.69) is 4.72 Å². The second kappa shape index (κ2) is 7.08. The first kappa shape index (κ1) is 17.4. The van der Waals surface area contributed by atoms with Crippen molar-refractivity contribution in [3.8, 4) is 0 Å². The predicted octanol–water partition coefficient (Wildman–Crippen LogP) is 2.30. The van der Waals surface area contributed by atoms with Crippen LogP contribution in [-0.2, 0) is 21.5 Å². The SMILES string of the molecule is CCN([C@@H]1CCOC(C)(C)C1)S(=O)(=O)NCc1ccccc1. The maximum absolute atomic E-state index is 12.6. The van der Waals surface area contributed by atoms with Crippen LogP contribution < -0.4 is 4.72 Å². The van der Waals surface area contributed by atoms with Crippen molar-refractivity contribution in [2.75, 3.05) is 13.2 Å². The van der Waals surface area contributed by atoms with E-state index in [0.717, 1.165) is 12.0 Å². The van der Waals surface area contributed by atoms with Gasteiger partial charge in [-0.1, -0.05) is 37.3 Å². The largest absolute Gasteiger partial charge is 0.375 e. The van der Waals surface area contributed by atoms with Gasteiger partial charge in [0.25, 0.3) is 10.2 Å². The third-order valence-electron chi connectivity index (χ3n) is 4.00. The summed E-state index contributed by atoms with van der Waals surface area (Å²) >= 11 is 0. The molecule has 1 atom stereocenters. The molecule has 0 spiro atoms. The van der Waals surface area contributed by atoms with E-state index in [4.69, 9.17) is 4.74 Å². The number of nitrogens with one attached hydrogen (secondary N) is 1. The first-order valence-corrected chi connectivity index (χ1v) is 9.22. The van der Waals surface area contributed by atoms with Gasteiger partial charge in [0, 0.05) is 25.7 Å². The van der Waals surface area contributed by atoms with Gasteiger partial charge in [-0.15, -0.1) is 0 Å². The Hall–Kier alpha value is -0.950. The molecule has 124 valence electrons. The second-order valence-corrected chi connectivity index (χ2v) is 7.98. The van der Waals surface area contributed by atoms with Crippen LogP contribution in [0.4, 0.5) is 0 Å². The number of benzene rings is 1. The molecule has 1 fully saturated rings. The minimum Gasteiger partial charge on any atom is -0.375 e. The van der Waals surface area contributed by atoms with Crippen molar-refractivity contribution in [1.82, 2.24) is 9.03 Å². The Kier molecular flexibility index (Phi) is 5.60. The lowest BCUT2D eigenvalue weighted by Crippen LogP contribution is -2.51. The van der Waals surface area contributed by atoms with Crippen LogP contribution in [0.2, 0.25) is 0 Å². The van der Waals surface area contributed by atoms with Gasteiger partial charge in [0.1, 0.15) is 0 Å². The molecule has 1 aliphatic rings. The second-order valence-electron chi connectivity index (χ2n) is 6.27. The average molecular weight is 326 g/mol. The molecular formula is C16H26N2O3S. The molecule has 5 nitrogen and oxygen atoms in total. The quantitative estimate of drug-likeness (QED) is 0.872. The highest BCUT2D eigenvalue weighted by molar-refractivity contribution is 7.87. The van der Waals surface area contributed by atoms with Crippen molar-refractivity contribution in [2.45, 2.75) is 51.8 Å². The van der Waals surface area contributed by atoms with E-state index in [0.29, 0.717) is 26.1 Å². The zero-order valence-corrected chi connectivity index (χ0v) is 14.4. The zero-order chi connectivity index (χ0) is 16.2. The van der Waals surface area contributed by atoms with Gasteiger partial charge in [-0.05, 0) is 32.3 Å². The first-order valence-electron chi connectivity index (χ1n) is 7.78. The van der Waals surface area contributed by atoms with Gasteiger partial charge in [-0.2, -0.15) is 17.4 Å². The molecule has 0 bridgehead atoms. The van der Waals surface area contributed by atoms with Crippen LogP contribution in [0.15, 0.2) is 30.3 Å². The van der Waals surface area contributed by atoms with Crippen molar-refractivity contribution < 1.29 is 13.2 Å². The number of nitrogens with zero attached hydrogens (tertiary/aromatic N) is 1. The molecule has 1 heterocycles. The Morgan fingerprint density at radius 2 is 2.00 bits per heavy atom. The molecule has 0 aliphatic carbocycles. The smallest absolute Gasteiger partial charge is 0.279 e. The lowest BCUT2D eigenvalue weighted by Gasteiger charge is -2.40. The van der Waals surface area contributed by atoms with Crippen molar-refractivity contribution >= 4 is 10.2 Å². The van der Waals surface area contributed by atoms with Crippen LogP contribution in [0, 0.1) is 0 Å². The van der Waals surface area contributed by atoms with Crippen molar-refractivity contribution in [3.05, 3.63) is 35.9 Å². The van der Waals surface area contributed by atoms with Crippen LogP contribution in [0.5, 0.6) is 0 Å². The maximum atomic E-state index is 12.6. The zero-order valence-electron chi connectivity index (χ0n) is 13.6.